The Hall–Kier alpha value is -1.15. The summed E-state index contributed by atoms with van der Waals surface area (Å²) in [4.78, 5) is 4.47. The smallest absolute Gasteiger partial charge is 0.0425 e. The molecular formula is C12H16N2. The average Bonchev–Trinajstić information content (AvgIpc) is 2.51. The molecule has 0 fully saturated rings. The number of pyridine rings is 1. The lowest BCUT2D eigenvalue weighted by atomic mass is 9.92. The van der Waals surface area contributed by atoms with Gasteiger partial charge in [-0.05, 0) is 31.9 Å². The fourth-order valence-corrected chi connectivity index (χ4v) is 1.92. The number of aromatic nitrogens is 1. The number of hydrogen-bond acceptors (Lipinski definition) is 2. The van der Waals surface area contributed by atoms with Crippen LogP contribution in [0.3, 0.4) is 0 Å². The Balaban J connectivity index is 2.10. The van der Waals surface area contributed by atoms with Crippen molar-refractivity contribution >= 4 is 0 Å². The maximum atomic E-state index is 6.24. The molecule has 1 aromatic heterocycles. The summed E-state index contributed by atoms with van der Waals surface area (Å²) in [5.41, 5.74) is 8.33. The molecule has 0 radical (unpaired) electrons. The lowest BCUT2D eigenvalue weighted by molar-refractivity contribution is 0.447. The van der Waals surface area contributed by atoms with E-state index in [0.717, 1.165) is 30.7 Å². The first-order valence-corrected chi connectivity index (χ1v) is 5.04. The molecule has 2 heteroatoms. The van der Waals surface area contributed by atoms with Gasteiger partial charge in [0.15, 0.2) is 0 Å². The molecule has 0 unspecified atom stereocenters. The molecular weight excluding hydrogens is 172 g/mol. The van der Waals surface area contributed by atoms with Gasteiger partial charge in [-0.25, -0.2) is 0 Å². The van der Waals surface area contributed by atoms with Crippen molar-refractivity contribution in [2.24, 2.45) is 5.73 Å². The molecule has 1 aliphatic rings. The van der Waals surface area contributed by atoms with Gasteiger partial charge in [0.2, 0.25) is 0 Å². The van der Waals surface area contributed by atoms with E-state index in [4.69, 9.17) is 5.73 Å². The summed E-state index contributed by atoms with van der Waals surface area (Å²) < 4.78 is 0. The topological polar surface area (TPSA) is 38.9 Å². The van der Waals surface area contributed by atoms with E-state index in [2.05, 4.69) is 23.2 Å². The van der Waals surface area contributed by atoms with E-state index < -0.39 is 0 Å². The maximum absolute atomic E-state index is 6.24. The van der Waals surface area contributed by atoms with Crippen molar-refractivity contribution in [2.45, 2.75) is 31.7 Å². The lowest BCUT2D eigenvalue weighted by Crippen LogP contribution is -2.39. The van der Waals surface area contributed by atoms with E-state index >= 15 is 0 Å². The third-order valence-corrected chi connectivity index (χ3v) is 2.69. The molecule has 0 aliphatic heterocycles. The van der Waals surface area contributed by atoms with Gasteiger partial charge in [-0.2, -0.15) is 0 Å². The van der Waals surface area contributed by atoms with Crippen molar-refractivity contribution in [2.75, 3.05) is 0 Å². The molecule has 14 heavy (non-hydrogen) atoms. The average molecular weight is 188 g/mol. The minimum atomic E-state index is -0.0825. The Morgan fingerprint density at radius 3 is 2.71 bits per heavy atom. The van der Waals surface area contributed by atoms with Gasteiger partial charge in [0, 0.05) is 23.3 Å². The van der Waals surface area contributed by atoms with E-state index in [-0.39, 0.29) is 5.54 Å². The van der Waals surface area contributed by atoms with Crippen molar-refractivity contribution in [1.82, 2.24) is 4.98 Å². The third-order valence-electron chi connectivity index (χ3n) is 2.69. The number of nitrogens with two attached hydrogens (primary N) is 1. The predicted molar refractivity (Wildman–Crippen MR) is 58.0 cm³/mol. The van der Waals surface area contributed by atoms with Crippen LogP contribution in [0.5, 0.6) is 0 Å². The molecule has 2 rings (SSSR count). The Bertz CT molecular complexity index is 347. The Morgan fingerprint density at radius 2 is 2.07 bits per heavy atom. The van der Waals surface area contributed by atoms with Crippen molar-refractivity contribution in [3.05, 3.63) is 41.7 Å². The summed E-state index contributed by atoms with van der Waals surface area (Å²) in [5.74, 6) is 0. The zero-order valence-electron chi connectivity index (χ0n) is 8.53. The van der Waals surface area contributed by atoms with Gasteiger partial charge in [-0.15, -0.1) is 0 Å². The maximum Gasteiger partial charge on any atom is 0.0425 e. The molecule has 2 nitrogen and oxygen atoms in total. The summed E-state index contributed by atoms with van der Waals surface area (Å²) in [6.45, 7) is 2.01. The van der Waals surface area contributed by atoms with Gasteiger partial charge in [0.25, 0.3) is 0 Å². The summed E-state index contributed by atoms with van der Waals surface area (Å²) in [6.07, 6.45) is 7.15. The molecule has 74 valence electrons. The van der Waals surface area contributed by atoms with Crippen LogP contribution in [0, 0.1) is 6.92 Å². The minimum absolute atomic E-state index is 0.0825. The molecule has 0 amide bonds. The third kappa shape index (κ3) is 2.02. The highest BCUT2D eigenvalue weighted by Gasteiger charge is 2.26. The van der Waals surface area contributed by atoms with E-state index in [1.54, 1.807) is 0 Å². The lowest BCUT2D eigenvalue weighted by Gasteiger charge is -2.23. The molecule has 1 aromatic rings. The molecule has 2 N–H and O–H groups in total. The highest BCUT2D eigenvalue weighted by atomic mass is 14.8. The molecule has 0 saturated carbocycles. The van der Waals surface area contributed by atoms with Crippen LogP contribution in [0.15, 0.2) is 30.4 Å². The molecule has 0 bridgehead atoms. The Labute approximate surface area is 84.9 Å². The van der Waals surface area contributed by atoms with Crippen molar-refractivity contribution in [3.63, 3.8) is 0 Å². The predicted octanol–water partition coefficient (Wildman–Crippen LogP) is 1.98. The first kappa shape index (κ1) is 9.41. The Kier molecular flexibility index (Phi) is 2.38. The van der Waals surface area contributed by atoms with E-state index in [0.29, 0.717) is 0 Å². The monoisotopic (exact) mass is 188 g/mol. The fraction of sp³-hybridized carbons (Fsp3) is 0.417. The van der Waals surface area contributed by atoms with Gasteiger partial charge in [-0.3, -0.25) is 4.98 Å². The summed E-state index contributed by atoms with van der Waals surface area (Å²) in [5, 5.41) is 0. The van der Waals surface area contributed by atoms with Crippen LogP contribution in [-0.2, 0) is 6.42 Å². The largest absolute Gasteiger partial charge is 0.324 e. The van der Waals surface area contributed by atoms with Crippen molar-refractivity contribution in [1.29, 1.82) is 0 Å². The summed E-state index contributed by atoms with van der Waals surface area (Å²) in [7, 11) is 0. The molecule has 0 aromatic carbocycles. The van der Waals surface area contributed by atoms with Crippen LogP contribution in [-0.4, -0.2) is 10.5 Å². The van der Waals surface area contributed by atoms with Gasteiger partial charge in [0.1, 0.15) is 0 Å². The zero-order valence-corrected chi connectivity index (χ0v) is 8.53. The van der Waals surface area contributed by atoms with Crippen LogP contribution < -0.4 is 5.73 Å². The second-order valence-electron chi connectivity index (χ2n) is 4.19. The number of hydrogen-bond donors (Lipinski definition) is 1. The van der Waals surface area contributed by atoms with E-state index in [1.165, 1.54) is 0 Å². The van der Waals surface area contributed by atoms with E-state index in [1.807, 2.05) is 19.1 Å². The van der Waals surface area contributed by atoms with Crippen LogP contribution in [0.2, 0.25) is 0 Å². The van der Waals surface area contributed by atoms with Crippen LogP contribution in [0.4, 0.5) is 0 Å². The van der Waals surface area contributed by atoms with Crippen LogP contribution in [0.1, 0.15) is 24.2 Å². The van der Waals surface area contributed by atoms with Crippen LogP contribution in [0.25, 0.3) is 0 Å². The minimum Gasteiger partial charge on any atom is -0.324 e. The van der Waals surface area contributed by atoms with Crippen LogP contribution >= 0.6 is 0 Å². The standard InChI is InChI=1S/C12H16N2/c1-10-5-4-6-11(14-10)9-12(13)7-2-3-8-12/h2-6H,7-9,13H2,1H3. The van der Waals surface area contributed by atoms with Gasteiger partial charge in [0.05, 0.1) is 0 Å². The molecule has 0 atom stereocenters. The van der Waals surface area contributed by atoms with Gasteiger partial charge in [-0.1, -0.05) is 18.2 Å². The highest BCUT2D eigenvalue weighted by Crippen LogP contribution is 2.24. The first-order valence-electron chi connectivity index (χ1n) is 5.04. The van der Waals surface area contributed by atoms with Crippen molar-refractivity contribution in [3.8, 4) is 0 Å². The molecule has 1 heterocycles. The van der Waals surface area contributed by atoms with Crippen molar-refractivity contribution < 1.29 is 0 Å². The zero-order chi connectivity index (χ0) is 10.0. The second-order valence-corrected chi connectivity index (χ2v) is 4.19. The molecule has 1 aliphatic carbocycles. The number of aryl methyl sites for hydroxylation is 1. The van der Waals surface area contributed by atoms with Gasteiger partial charge < -0.3 is 5.73 Å². The normalized spacial score (nSPS) is 18.7. The number of nitrogens with zero attached hydrogens (tertiary/aromatic N) is 1. The second kappa shape index (κ2) is 3.54. The fourth-order valence-electron chi connectivity index (χ4n) is 1.92. The number of rotatable bonds is 2. The Morgan fingerprint density at radius 1 is 1.36 bits per heavy atom. The quantitative estimate of drug-likeness (QED) is 0.721. The SMILES string of the molecule is Cc1cccc(CC2(N)CC=CC2)n1. The summed E-state index contributed by atoms with van der Waals surface area (Å²) >= 11 is 0. The van der Waals surface area contributed by atoms with E-state index in [9.17, 15) is 0 Å². The van der Waals surface area contributed by atoms with Gasteiger partial charge >= 0.3 is 0 Å². The highest BCUT2D eigenvalue weighted by molar-refractivity contribution is 5.16. The molecule has 0 saturated heterocycles. The molecule has 0 spiro atoms. The summed E-state index contributed by atoms with van der Waals surface area (Å²) in [6, 6.07) is 6.11. The first-order chi connectivity index (χ1) is 6.68.